The van der Waals surface area contributed by atoms with E-state index in [4.69, 9.17) is 9.57 Å². The first kappa shape index (κ1) is 16.0. The maximum Gasteiger partial charge on any atom is 0.484 e. The van der Waals surface area contributed by atoms with E-state index in [0.717, 1.165) is 32.2 Å². The van der Waals surface area contributed by atoms with Crippen molar-refractivity contribution >= 4 is 6.02 Å². The van der Waals surface area contributed by atoms with Crippen molar-refractivity contribution in [3.63, 3.8) is 0 Å². The second kappa shape index (κ2) is 8.17. The summed E-state index contributed by atoms with van der Waals surface area (Å²) < 4.78 is 7.86. The highest BCUT2D eigenvalue weighted by molar-refractivity contribution is 5.69. The first-order valence-corrected chi connectivity index (χ1v) is 7.34. The van der Waals surface area contributed by atoms with E-state index in [1.165, 1.54) is 0 Å². The Morgan fingerprint density at radius 2 is 1.84 bits per heavy atom. The normalized spacial score (nSPS) is 18.9. The Kier molecular flexibility index (Phi) is 6.87. The quantitative estimate of drug-likeness (QED) is 0.660. The smallest absolute Gasteiger partial charge is 0.398 e. The summed E-state index contributed by atoms with van der Waals surface area (Å²) in [4.78, 5) is 8.15. The number of hydrogen-bond donors (Lipinski definition) is 0. The van der Waals surface area contributed by atoms with Crippen LogP contribution in [0.2, 0.25) is 0 Å². The van der Waals surface area contributed by atoms with Crippen LogP contribution in [-0.4, -0.2) is 59.5 Å². The molecule has 0 radical (unpaired) electrons. The molecule has 1 atom stereocenters. The maximum atomic E-state index is 5.81. The molecule has 0 aromatic carbocycles. The molecule has 0 saturated heterocycles. The zero-order valence-electron chi connectivity index (χ0n) is 12.9. The molecule has 0 aromatic heterocycles. The van der Waals surface area contributed by atoms with Crippen LogP contribution in [0, 0.1) is 0 Å². The lowest BCUT2D eigenvalue weighted by Crippen LogP contribution is -2.54. The number of nitrogens with zero attached hydrogens (tertiary/aromatic N) is 3. The number of hydroxylamine groups is 2. The predicted octanol–water partition coefficient (Wildman–Crippen LogP) is 1.86. The molecule has 5 heteroatoms. The van der Waals surface area contributed by atoms with E-state index in [-0.39, 0.29) is 6.17 Å². The summed E-state index contributed by atoms with van der Waals surface area (Å²) >= 11 is 0. The first-order valence-electron chi connectivity index (χ1n) is 7.34. The van der Waals surface area contributed by atoms with E-state index in [9.17, 15) is 0 Å². The number of likely N-dealkylation sites (N-methyl/N-ethyl adjacent to an activating group) is 1. The SMILES string of the molecule is CCON1C(=[N+](CC)CC)OC=CC1N(CC)CC. The summed E-state index contributed by atoms with van der Waals surface area (Å²) in [6.45, 7) is 14.9. The Balaban J connectivity index is 3.08. The third kappa shape index (κ3) is 3.70. The van der Waals surface area contributed by atoms with Crippen molar-refractivity contribution < 1.29 is 14.1 Å². The van der Waals surface area contributed by atoms with Gasteiger partial charge in [0.2, 0.25) is 6.17 Å². The Bertz CT molecular complexity index is 319. The van der Waals surface area contributed by atoms with E-state index in [1.807, 2.05) is 18.1 Å². The van der Waals surface area contributed by atoms with Crippen LogP contribution in [0.4, 0.5) is 0 Å². The van der Waals surface area contributed by atoms with Crippen LogP contribution < -0.4 is 0 Å². The average Bonchev–Trinajstić information content (AvgIpc) is 2.44. The van der Waals surface area contributed by atoms with Gasteiger partial charge < -0.3 is 4.74 Å². The Labute approximate surface area is 117 Å². The fourth-order valence-electron chi connectivity index (χ4n) is 2.26. The molecule has 5 nitrogen and oxygen atoms in total. The van der Waals surface area contributed by atoms with Crippen LogP contribution in [-0.2, 0) is 9.57 Å². The van der Waals surface area contributed by atoms with Gasteiger partial charge in [-0.05, 0) is 33.9 Å². The molecule has 0 spiro atoms. The van der Waals surface area contributed by atoms with E-state index < -0.39 is 0 Å². The lowest BCUT2D eigenvalue weighted by atomic mass is 10.3. The second-order valence-electron chi connectivity index (χ2n) is 4.28. The van der Waals surface area contributed by atoms with Crippen LogP contribution >= 0.6 is 0 Å². The third-order valence-corrected chi connectivity index (χ3v) is 3.34. The molecular weight excluding hydrogens is 242 g/mol. The third-order valence-electron chi connectivity index (χ3n) is 3.34. The van der Waals surface area contributed by atoms with Gasteiger partial charge in [0.25, 0.3) is 0 Å². The van der Waals surface area contributed by atoms with Gasteiger partial charge in [0, 0.05) is 6.08 Å². The van der Waals surface area contributed by atoms with Gasteiger partial charge in [0.1, 0.15) is 6.26 Å². The minimum atomic E-state index is 0.0966. The minimum absolute atomic E-state index is 0.0966. The van der Waals surface area contributed by atoms with Gasteiger partial charge in [-0.3, -0.25) is 4.90 Å². The van der Waals surface area contributed by atoms with E-state index >= 15 is 0 Å². The number of rotatable bonds is 7. The highest BCUT2D eigenvalue weighted by atomic mass is 16.7. The number of ether oxygens (including phenoxy) is 1. The van der Waals surface area contributed by atoms with Crippen LogP contribution in [0.25, 0.3) is 0 Å². The van der Waals surface area contributed by atoms with Gasteiger partial charge in [-0.1, -0.05) is 18.9 Å². The Morgan fingerprint density at radius 1 is 1.21 bits per heavy atom. The second-order valence-corrected chi connectivity index (χ2v) is 4.28. The molecule has 0 fully saturated rings. The molecule has 1 aliphatic rings. The van der Waals surface area contributed by atoms with E-state index in [2.05, 4.69) is 37.2 Å². The van der Waals surface area contributed by atoms with E-state index in [1.54, 1.807) is 6.26 Å². The van der Waals surface area contributed by atoms with Gasteiger partial charge in [0.05, 0.1) is 19.7 Å². The fraction of sp³-hybridized carbons (Fsp3) is 0.786. The van der Waals surface area contributed by atoms with Crippen LogP contribution in [0.1, 0.15) is 34.6 Å². The molecule has 0 aromatic rings. The van der Waals surface area contributed by atoms with Crippen LogP contribution in [0.3, 0.4) is 0 Å². The molecule has 0 N–H and O–H groups in total. The van der Waals surface area contributed by atoms with Crippen molar-refractivity contribution in [1.82, 2.24) is 9.96 Å². The zero-order valence-corrected chi connectivity index (χ0v) is 12.9. The maximum absolute atomic E-state index is 5.81. The Hall–Kier alpha value is -1.07. The lowest BCUT2D eigenvalue weighted by Gasteiger charge is -2.32. The predicted molar refractivity (Wildman–Crippen MR) is 76.7 cm³/mol. The first-order chi connectivity index (χ1) is 9.23. The van der Waals surface area contributed by atoms with Gasteiger partial charge in [0.15, 0.2) is 0 Å². The highest BCUT2D eigenvalue weighted by Crippen LogP contribution is 2.15. The molecule has 0 aliphatic carbocycles. The van der Waals surface area contributed by atoms with Crippen molar-refractivity contribution in [2.75, 3.05) is 32.8 Å². The van der Waals surface area contributed by atoms with Crippen molar-refractivity contribution in [3.05, 3.63) is 12.3 Å². The molecule has 1 unspecified atom stereocenters. The largest absolute Gasteiger partial charge is 0.484 e. The summed E-state index contributed by atoms with van der Waals surface area (Å²) in [5.74, 6) is 0. The topological polar surface area (TPSA) is 28.0 Å². The van der Waals surface area contributed by atoms with Gasteiger partial charge in [-0.25, -0.2) is 4.58 Å². The monoisotopic (exact) mass is 270 g/mol. The van der Waals surface area contributed by atoms with Crippen LogP contribution in [0.15, 0.2) is 12.3 Å². The summed E-state index contributed by atoms with van der Waals surface area (Å²) in [6.07, 6.45) is 3.90. The number of hydrogen-bond acceptors (Lipinski definition) is 3. The van der Waals surface area contributed by atoms with Crippen molar-refractivity contribution in [2.24, 2.45) is 0 Å². The van der Waals surface area contributed by atoms with E-state index in [0.29, 0.717) is 6.61 Å². The Morgan fingerprint density at radius 3 is 2.32 bits per heavy atom. The lowest BCUT2D eigenvalue weighted by molar-refractivity contribution is -0.540. The molecule has 1 rings (SSSR count). The summed E-state index contributed by atoms with van der Waals surface area (Å²) in [7, 11) is 0. The highest BCUT2D eigenvalue weighted by Gasteiger charge is 2.38. The fourth-order valence-corrected chi connectivity index (χ4v) is 2.26. The standard InChI is InChI=1S/C14H28N3O2/c1-6-15(7-2)13-11-12-18-14(16(8-3)9-4)17(13)19-10-5/h11-13H,6-10H2,1-5H3/q+1. The summed E-state index contributed by atoms with van der Waals surface area (Å²) in [5, 5.41) is 1.89. The number of amidine groups is 1. The van der Waals surface area contributed by atoms with Gasteiger partial charge >= 0.3 is 6.02 Å². The molecule has 0 amide bonds. The molecule has 0 bridgehead atoms. The average molecular weight is 270 g/mol. The molecule has 19 heavy (non-hydrogen) atoms. The minimum Gasteiger partial charge on any atom is -0.398 e. The molecule has 1 heterocycles. The zero-order chi connectivity index (χ0) is 14.3. The molecule has 0 saturated carbocycles. The van der Waals surface area contributed by atoms with Crippen molar-refractivity contribution in [3.8, 4) is 0 Å². The van der Waals surface area contributed by atoms with Gasteiger partial charge in [-0.2, -0.15) is 4.84 Å². The van der Waals surface area contributed by atoms with Crippen molar-refractivity contribution in [1.29, 1.82) is 0 Å². The van der Waals surface area contributed by atoms with Gasteiger partial charge in [-0.15, -0.1) is 0 Å². The molecule has 1 aliphatic heterocycles. The summed E-state index contributed by atoms with van der Waals surface area (Å²) in [6, 6.07) is 0.784. The summed E-state index contributed by atoms with van der Waals surface area (Å²) in [5.41, 5.74) is 0. The van der Waals surface area contributed by atoms with Crippen molar-refractivity contribution in [2.45, 2.75) is 40.8 Å². The molecular formula is C14H28N3O2+. The van der Waals surface area contributed by atoms with Crippen LogP contribution in [0.5, 0.6) is 0 Å². The molecule has 110 valence electrons.